The molecule has 80 valence electrons. The Labute approximate surface area is 84.9 Å². The van der Waals surface area contributed by atoms with Gasteiger partial charge in [0.1, 0.15) is 0 Å². The molecule has 0 aliphatic rings. The van der Waals surface area contributed by atoms with Crippen LogP contribution in [0.4, 0.5) is 0 Å². The van der Waals surface area contributed by atoms with Crippen LogP contribution in [0.5, 0.6) is 0 Å². The van der Waals surface area contributed by atoms with E-state index in [0.29, 0.717) is 0 Å². The summed E-state index contributed by atoms with van der Waals surface area (Å²) in [5, 5.41) is 0. The summed E-state index contributed by atoms with van der Waals surface area (Å²) in [6, 6.07) is 0. The van der Waals surface area contributed by atoms with Crippen molar-refractivity contribution in [3.63, 3.8) is 0 Å². The normalized spacial score (nSPS) is 12.8. The molecule has 0 amide bonds. The lowest BCUT2D eigenvalue weighted by molar-refractivity contribution is 0.156. The van der Waals surface area contributed by atoms with Crippen LogP contribution in [-0.2, 0) is 13.6 Å². The first-order chi connectivity index (χ1) is 5.89. The molecule has 3 nitrogen and oxygen atoms in total. The molecule has 0 fully saturated rings. The van der Waals surface area contributed by atoms with Gasteiger partial charge in [-0.25, -0.2) is 4.57 Å². The predicted octanol–water partition coefficient (Wildman–Crippen LogP) is 3.70. The predicted molar refractivity (Wildman–Crippen MR) is 58.2 cm³/mol. The molecule has 0 spiro atoms. The van der Waals surface area contributed by atoms with Gasteiger partial charge in [0.2, 0.25) is 0 Å². The standard InChI is InChI=1S/C8H19O3PS/c1-6-13-12(9,10-7(2)3)11-8(4)5/h7-8H,6H2,1-5H3. The van der Waals surface area contributed by atoms with Crippen molar-refractivity contribution in [3.8, 4) is 0 Å². The van der Waals surface area contributed by atoms with Crippen molar-refractivity contribution in [2.24, 2.45) is 0 Å². The maximum Gasteiger partial charge on any atom is 0.389 e. The first-order valence-electron chi connectivity index (χ1n) is 4.51. The van der Waals surface area contributed by atoms with Crippen molar-refractivity contribution in [3.05, 3.63) is 0 Å². The van der Waals surface area contributed by atoms with Gasteiger partial charge >= 0.3 is 6.80 Å². The van der Waals surface area contributed by atoms with Crippen LogP contribution in [0.3, 0.4) is 0 Å². The Balaban J connectivity index is 4.25. The maximum atomic E-state index is 12.0. The molecule has 0 atom stereocenters. The quantitative estimate of drug-likeness (QED) is 0.647. The number of hydrogen-bond acceptors (Lipinski definition) is 4. The van der Waals surface area contributed by atoms with E-state index in [1.165, 1.54) is 11.4 Å². The van der Waals surface area contributed by atoms with Crippen LogP contribution in [0.15, 0.2) is 0 Å². The molecule has 0 rings (SSSR count). The zero-order chi connectivity index (χ0) is 10.5. The van der Waals surface area contributed by atoms with Gasteiger partial charge in [0.25, 0.3) is 0 Å². The van der Waals surface area contributed by atoms with Crippen LogP contribution < -0.4 is 0 Å². The van der Waals surface area contributed by atoms with Crippen molar-refractivity contribution in [2.45, 2.75) is 46.8 Å². The molecule has 13 heavy (non-hydrogen) atoms. The van der Waals surface area contributed by atoms with Gasteiger partial charge in [0.05, 0.1) is 12.2 Å². The molecule has 0 aliphatic carbocycles. The zero-order valence-corrected chi connectivity index (χ0v) is 10.7. The van der Waals surface area contributed by atoms with Gasteiger partial charge in [0.15, 0.2) is 0 Å². The van der Waals surface area contributed by atoms with E-state index in [1.807, 2.05) is 34.6 Å². The summed E-state index contributed by atoms with van der Waals surface area (Å²) in [5.41, 5.74) is 0. The first-order valence-corrected chi connectivity index (χ1v) is 7.64. The lowest BCUT2D eigenvalue weighted by atomic mass is 10.5. The van der Waals surface area contributed by atoms with Crippen LogP contribution in [0.1, 0.15) is 34.6 Å². The van der Waals surface area contributed by atoms with Crippen molar-refractivity contribution < 1.29 is 13.6 Å². The van der Waals surface area contributed by atoms with E-state index in [9.17, 15) is 4.57 Å². The molecule has 0 bridgehead atoms. The summed E-state index contributed by atoms with van der Waals surface area (Å²) >= 11 is 1.25. The molecule has 0 aromatic carbocycles. The van der Waals surface area contributed by atoms with E-state index >= 15 is 0 Å². The van der Waals surface area contributed by atoms with Crippen molar-refractivity contribution in [1.82, 2.24) is 0 Å². The number of hydrogen-bond donors (Lipinski definition) is 0. The summed E-state index contributed by atoms with van der Waals surface area (Å²) < 4.78 is 22.5. The summed E-state index contributed by atoms with van der Waals surface area (Å²) in [6.45, 7) is 6.44. The topological polar surface area (TPSA) is 35.5 Å². The Hall–Kier alpha value is 0.500. The highest BCUT2D eigenvalue weighted by Gasteiger charge is 2.27. The molecule has 0 unspecified atom stereocenters. The van der Waals surface area contributed by atoms with Gasteiger partial charge in [-0.2, -0.15) is 0 Å². The third-order valence-corrected chi connectivity index (χ3v) is 5.14. The summed E-state index contributed by atoms with van der Waals surface area (Å²) in [7, 11) is 0. The average Bonchev–Trinajstić information content (AvgIpc) is 1.81. The highest BCUT2D eigenvalue weighted by molar-refractivity contribution is 8.55. The van der Waals surface area contributed by atoms with E-state index in [4.69, 9.17) is 9.05 Å². The van der Waals surface area contributed by atoms with E-state index in [1.54, 1.807) is 0 Å². The molecule has 0 aromatic rings. The second kappa shape index (κ2) is 6.07. The Kier molecular flexibility index (Phi) is 6.31. The minimum atomic E-state index is -2.91. The van der Waals surface area contributed by atoms with Gasteiger partial charge in [0, 0.05) is 5.75 Å². The summed E-state index contributed by atoms with van der Waals surface area (Å²) in [4.78, 5) is 0. The molecule has 0 radical (unpaired) electrons. The fourth-order valence-corrected chi connectivity index (χ4v) is 4.63. The van der Waals surface area contributed by atoms with Gasteiger partial charge in [-0.3, -0.25) is 9.05 Å². The molecular formula is C8H19O3PS. The summed E-state index contributed by atoms with van der Waals surface area (Å²) in [6.07, 6.45) is -0.132. The monoisotopic (exact) mass is 226 g/mol. The summed E-state index contributed by atoms with van der Waals surface area (Å²) in [5.74, 6) is 0.733. The maximum absolute atomic E-state index is 12.0. The number of rotatable bonds is 6. The van der Waals surface area contributed by atoms with Crippen molar-refractivity contribution in [1.29, 1.82) is 0 Å². The minimum Gasteiger partial charge on any atom is -0.298 e. The SMILES string of the molecule is CCSP(=O)(OC(C)C)OC(C)C. The fourth-order valence-electron chi connectivity index (χ4n) is 0.760. The van der Waals surface area contributed by atoms with Crippen LogP contribution >= 0.6 is 18.2 Å². The lowest BCUT2D eigenvalue weighted by Crippen LogP contribution is -2.06. The van der Waals surface area contributed by atoms with Crippen molar-refractivity contribution in [2.75, 3.05) is 5.75 Å². The lowest BCUT2D eigenvalue weighted by Gasteiger charge is -2.21. The minimum absolute atomic E-state index is 0.0661. The molecule has 0 aromatic heterocycles. The van der Waals surface area contributed by atoms with Gasteiger partial charge in [-0.1, -0.05) is 6.92 Å². The first kappa shape index (κ1) is 13.5. The highest BCUT2D eigenvalue weighted by atomic mass is 32.7. The van der Waals surface area contributed by atoms with E-state index in [-0.39, 0.29) is 12.2 Å². The molecule has 0 aliphatic heterocycles. The van der Waals surface area contributed by atoms with E-state index in [0.717, 1.165) is 5.75 Å². The molecule has 0 N–H and O–H groups in total. The van der Waals surface area contributed by atoms with Gasteiger partial charge in [-0.05, 0) is 39.1 Å². The van der Waals surface area contributed by atoms with Crippen molar-refractivity contribution >= 4 is 18.2 Å². The Morgan fingerprint density at radius 1 is 1.15 bits per heavy atom. The second-order valence-electron chi connectivity index (χ2n) is 3.17. The van der Waals surface area contributed by atoms with Crippen LogP contribution in [0.2, 0.25) is 0 Å². The van der Waals surface area contributed by atoms with Gasteiger partial charge < -0.3 is 0 Å². The average molecular weight is 226 g/mol. The Morgan fingerprint density at radius 3 is 1.77 bits per heavy atom. The van der Waals surface area contributed by atoms with E-state index < -0.39 is 6.80 Å². The molecule has 5 heteroatoms. The second-order valence-corrected chi connectivity index (χ2v) is 7.44. The zero-order valence-electron chi connectivity index (χ0n) is 8.94. The molecular weight excluding hydrogens is 207 g/mol. The Morgan fingerprint density at radius 2 is 1.54 bits per heavy atom. The molecule has 0 heterocycles. The molecule has 0 saturated carbocycles. The molecule has 0 saturated heterocycles. The largest absolute Gasteiger partial charge is 0.389 e. The third-order valence-electron chi connectivity index (χ3n) is 0.967. The van der Waals surface area contributed by atoms with Crippen LogP contribution in [-0.4, -0.2) is 18.0 Å². The van der Waals surface area contributed by atoms with Crippen LogP contribution in [0.25, 0.3) is 0 Å². The Bertz CT molecular complexity index is 168. The third kappa shape index (κ3) is 6.55. The van der Waals surface area contributed by atoms with E-state index in [2.05, 4.69) is 0 Å². The van der Waals surface area contributed by atoms with Crippen LogP contribution in [0, 0.1) is 0 Å². The smallest absolute Gasteiger partial charge is 0.298 e. The highest BCUT2D eigenvalue weighted by Crippen LogP contribution is 2.61. The van der Waals surface area contributed by atoms with Gasteiger partial charge in [-0.15, -0.1) is 0 Å². The fraction of sp³-hybridized carbons (Fsp3) is 1.00.